The maximum Gasteiger partial charge on any atom is 0.223 e. The Kier molecular flexibility index (Phi) is 6.22. The molecular weight excluding hydrogens is 369 g/mol. The molecule has 27 heavy (non-hydrogen) atoms. The Morgan fingerprint density at radius 3 is 2.41 bits per heavy atom. The summed E-state index contributed by atoms with van der Waals surface area (Å²) in [5.74, 6) is 1.00. The minimum absolute atomic E-state index is 0.00129. The third-order valence-electron chi connectivity index (χ3n) is 4.74. The Morgan fingerprint density at radius 1 is 1.19 bits per heavy atom. The lowest BCUT2D eigenvalue weighted by Crippen LogP contribution is -2.33. The van der Waals surface area contributed by atoms with Crippen molar-refractivity contribution < 1.29 is 18.7 Å². The molecule has 0 N–H and O–H groups in total. The molecule has 0 radical (unpaired) electrons. The standard InChI is InChI=1S/C21H23ClFNO3/c1-26-16-10-14(11-17(12-16)27-2)6-9-21(25)24(15-7-8-15)13-18-19(22)4-3-5-20(18)23/h3-5,10-12,15H,6-9,13H2,1-2H3. The number of ether oxygens (including phenoxy) is 2. The first-order valence-electron chi connectivity index (χ1n) is 8.96. The Bertz CT molecular complexity index is 781. The lowest BCUT2D eigenvalue weighted by molar-refractivity contribution is -0.132. The summed E-state index contributed by atoms with van der Waals surface area (Å²) in [6.07, 6.45) is 2.79. The predicted octanol–water partition coefficient (Wildman–Crippen LogP) is 4.62. The van der Waals surface area contributed by atoms with Gasteiger partial charge in [-0.05, 0) is 49.1 Å². The number of rotatable bonds is 8. The van der Waals surface area contributed by atoms with Crippen LogP contribution in [0, 0.1) is 5.82 Å². The van der Waals surface area contributed by atoms with Crippen LogP contribution in [-0.4, -0.2) is 31.1 Å². The van der Waals surface area contributed by atoms with Crippen molar-refractivity contribution in [2.24, 2.45) is 0 Å². The van der Waals surface area contributed by atoms with Crippen molar-refractivity contribution in [2.45, 2.75) is 38.3 Å². The van der Waals surface area contributed by atoms with Crippen LogP contribution in [0.15, 0.2) is 36.4 Å². The quantitative estimate of drug-likeness (QED) is 0.659. The third-order valence-corrected chi connectivity index (χ3v) is 5.09. The van der Waals surface area contributed by atoms with E-state index in [9.17, 15) is 9.18 Å². The molecule has 6 heteroatoms. The van der Waals surface area contributed by atoms with Crippen LogP contribution in [0.1, 0.15) is 30.4 Å². The lowest BCUT2D eigenvalue weighted by atomic mass is 10.1. The number of amides is 1. The second-order valence-corrected chi connectivity index (χ2v) is 7.08. The number of carbonyl (C=O) groups excluding carboxylic acids is 1. The molecule has 0 spiro atoms. The van der Waals surface area contributed by atoms with E-state index in [2.05, 4.69) is 0 Å². The summed E-state index contributed by atoms with van der Waals surface area (Å²) >= 11 is 6.14. The normalized spacial score (nSPS) is 13.3. The monoisotopic (exact) mass is 391 g/mol. The van der Waals surface area contributed by atoms with Crippen LogP contribution in [0.5, 0.6) is 11.5 Å². The van der Waals surface area contributed by atoms with E-state index in [4.69, 9.17) is 21.1 Å². The number of aryl methyl sites for hydroxylation is 1. The Balaban J connectivity index is 1.70. The van der Waals surface area contributed by atoms with Gasteiger partial charge in [0.15, 0.2) is 0 Å². The van der Waals surface area contributed by atoms with E-state index in [-0.39, 0.29) is 24.3 Å². The highest BCUT2D eigenvalue weighted by Crippen LogP contribution is 2.32. The smallest absolute Gasteiger partial charge is 0.223 e. The fourth-order valence-electron chi connectivity index (χ4n) is 3.07. The average Bonchev–Trinajstić information content (AvgIpc) is 3.50. The van der Waals surface area contributed by atoms with Gasteiger partial charge in [-0.15, -0.1) is 0 Å². The van der Waals surface area contributed by atoms with Crippen LogP contribution >= 0.6 is 11.6 Å². The zero-order valence-corrected chi connectivity index (χ0v) is 16.3. The highest BCUT2D eigenvalue weighted by atomic mass is 35.5. The molecule has 144 valence electrons. The molecular formula is C21H23ClFNO3. The van der Waals surface area contributed by atoms with E-state index in [1.807, 2.05) is 12.1 Å². The van der Waals surface area contributed by atoms with Crippen LogP contribution in [-0.2, 0) is 17.8 Å². The molecule has 2 aromatic carbocycles. The number of hydrogen-bond acceptors (Lipinski definition) is 3. The third kappa shape index (κ3) is 4.92. The molecule has 2 aromatic rings. The van der Waals surface area contributed by atoms with Gasteiger partial charge in [0.1, 0.15) is 17.3 Å². The maximum atomic E-state index is 14.1. The Hall–Kier alpha value is -2.27. The van der Waals surface area contributed by atoms with Crippen molar-refractivity contribution in [1.29, 1.82) is 0 Å². The maximum absolute atomic E-state index is 14.1. The summed E-state index contributed by atoms with van der Waals surface area (Å²) in [6.45, 7) is 0.205. The second-order valence-electron chi connectivity index (χ2n) is 6.67. The van der Waals surface area contributed by atoms with E-state index in [0.29, 0.717) is 34.9 Å². The molecule has 0 bridgehead atoms. The Labute approximate surface area is 163 Å². The van der Waals surface area contributed by atoms with E-state index in [1.165, 1.54) is 6.07 Å². The van der Waals surface area contributed by atoms with Crippen LogP contribution in [0.2, 0.25) is 5.02 Å². The molecule has 3 rings (SSSR count). The van der Waals surface area contributed by atoms with Crippen LogP contribution < -0.4 is 9.47 Å². The predicted molar refractivity (Wildman–Crippen MR) is 103 cm³/mol. The topological polar surface area (TPSA) is 38.8 Å². The first-order chi connectivity index (χ1) is 13.0. The SMILES string of the molecule is COc1cc(CCC(=O)N(Cc2c(F)cccc2Cl)C2CC2)cc(OC)c1. The van der Waals surface area contributed by atoms with Crippen molar-refractivity contribution in [3.8, 4) is 11.5 Å². The average molecular weight is 392 g/mol. The van der Waals surface area contributed by atoms with Gasteiger partial charge in [0.05, 0.1) is 20.8 Å². The van der Waals surface area contributed by atoms with Crippen LogP contribution in [0.25, 0.3) is 0 Å². The number of carbonyl (C=O) groups is 1. The summed E-state index contributed by atoms with van der Waals surface area (Å²) < 4.78 is 24.7. The summed E-state index contributed by atoms with van der Waals surface area (Å²) in [5, 5.41) is 0.353. The van der Waals surface area contributed by atoms with Gasteiger partial charge in [0, 0.05) is 29.1 Å². The number of benzene rings is 2. The van der Waals surface area contributed by atoms with Gasteiger partial charge in [-0.25, -0.2) is 4.39 Å². The van der Waals surface area contributed by atoms with Crippen LogP contribution in [0.3, 0.4) is 0 Å². The lowest BCUT2D eigenvalue weighted by Gasteiger charge is -2.23. The van der Waals surface area contributed by atoms with Gasteiger partial charge in [0.2, 0.25) is 5.91 Å². The molecule has 1 aliphatic rings. The number of halogens is 2. The molecule has 0 unspecified atom stereocenters. The second kappa shape index (κ2) is 8.61. The Morgan fingerprint density at radius 2 is 1.85 bits per heavy atom. The van der Waals surface area contributed by atoms with Gasteiger partial charge in [-0.3, -0.25) is 4.79 Å². The van der Waals surface area contributed by atoms with Crippen LogP contribution in [0.4, 0.5) is 4.39 Å². The van der Waals surface area contributed by atoms with E-state index < -0.39 is 0 Å². The van der Waals surface area contributed by atoms with E-state index >= 15 is 0 Å². The summed E-state index contributed by atoms with van der Waals surface area (Å²) in [4.78, 5) is 14.6. The van der Waals surface area contributed by atoms with Gasteiger partial charge in [-0.2, -0.15) is 0 Å². The molecule has 1 aliphatic carbocycles. The molecule has 0 aromatic heterocycles. The van der Waals surface area contributed by atoms with Crippen molar-refractivity contribution in [2.75, 3.05) is 14.2 Å². The zero-order valence-electron chi connectivity index (χ0n) is 15.5. The van der Waals surface area contributed by atoms with E-state index in [1.54, 1.807) is 37.3 Å². The van der Waals surface area contributed by atoms with Gasteiger partial charge >= 0.3 is 0 Å². The minimum Gasteiger partial charge on any atom is -0.497 e. The highest BCUT2D eigenvalue weighted by molar-refractivity contribution is 6.31. The zero-order chi connectivity index (χ0) is 19.4. The number of nitrogens with zero attached hydrogens (tertiary/aromatic N) is 1. The largest absolute Gasteiger partial charge is 0.497 e. The molecule has 1 amide bonds. The van der Waals surface area contributed by atoms with Crippen molar-refractivity contribution in [1.82, 2.24) is 4.90 Å². The molecule has 4 nitrogen and oxygen atoms in total. The molecule has 1 fully saturated rings. The van der Waals surface area contributed by atoms with Crippen molar-refractivity contribution in [3.63, 3.8) is 0 Å². The molecule has 1 saturated carbocycles. The molecule has 0 saturated heterocycles. The van der Waals surface area contributed by atoms with Crippen molar-refractivity contribution >= 4 is 17.5 Å². The molecule has 0 aliphatic heterocycles. The van der Waals surface area contributed by atoms with Gasteiger partial charge in [0.25, 0.3) is 0 Å². The van der Waals surface area contributed by atoms with Gasteiger partial charge in [-0.1, -0.05) is 17.7 Å². The highest BCUT2D eigenvalue weighted by Gasteiger charge is 2.33. The van der Waals surface area contributed by atoms with E-state index in [0.717, 1.165) is 18.4 Å². The fraction of sp³-hybridized carbons (Fsp3) is 0.381. The summed E-state index contributed by atoms with van der Waals surface area (Å²) in [5.41, 5.74) is 1.33. The van der Waals surface area contributed by atoms with Gasteiger partial charge < -0.3 is 14.4 Å². The summed E-state index contributed by atoms with van der Waals surface area (Å²) in [6, 6.07) is 10.4. The fourth-order valence-corrected chi connectivity index (χ4v) is 3.29. The molecule has 0 heterocycles. The minimum atomic E-state index is -0.376. The first-order valence-corrected chi connectivity index (χ1v) is 9.34. The number of methoxy groups -OCH3 is 2. The summed E-state index contributed by atoms with van der Waals surface area (Å²) in [7, 11) is 3.19. The van der Waals surface area contributed by atoms with Crippen molar-refractivity contribution in [3.05, 3.63) is 58.4 Å². The first kappa shape index (κ1) is 19.5. The molecule has 0 atom stereocenters. The number of hydrogen-bond donors (Lipinski definition) is 0.